The molecule has 0 spiro atoms. The molecule has 1 atom stereocenters. The minimum atomic E-state index is -0.134. The van der Waals surface area contributed by atoms with Crippen LogP contribution < -0.4 is 15.0 Å². The third-order valence-corrected chi connectivity index (χ3v) is 5.23. The minimum Gasteiger partial charge on any atom is -0.485 e. The van der Waals surface area contributed by atoms with E-state index in [0.29, 0.717) is 18.9 Å². The van der Waals surface area contributed by atoms with Crippen molar-refractivity contribution >= 4 is 17.7 Å². The van der Waals surface area contributed by atoms with E-state index >= 15 is 0 Å². The van der Waals surface area contributed by atoms with E-state index in [-0.39, 0.29) is 12.1 Å². The highest BCUT2D eigenvalue weighted by molar-refractivity contribution is 5.88. The summed E-state index contributed by atoms with van der Waals surface area (Å²) in [5, 5.41) is 7.14. The highest BCUT2D eigenvalue weighted by Gasteiger charge is 2.29. The summed E-state index contributed by atoms with van der Waals surface area (Å²) in [5.41, 5.74) is 0.999. The first-order valence-electron chi connectivity index (χ1n) is 9.53. The molecule has 2 aromatic heterocycles. The molecular formula is C19H26N6O2. The molecule has 144 valence electrons. The lowest BCUT2D eigenvalue weighted by molar-refractivity contribution is 0.194. The number of aromatic nitrogens is 3. The average molecular weight is 370 g/mol. The second kappa shape index (κ2) is 7.46. The van der Waals surface area contributed by atoms with Gasteiger partial charge in [-0.3, -0.25) is 10.00 Å². The summed E-state index contributed by atoms with van der Waals surface area (Å²) in [6, 6.07) is 5.60. The molecule has 8 nitrogen and oxygen atoms in total. The topological polar surface area (TPSA) is 75.5 Å². The lowest BCUT2D eigenvalue weighted by Crippen LogP contribution is -2.34. The first kappa shape index (κ1) is 17.6. The molecule has 2 saturated heterocycles. The SMILES string of the molecule is Cc1cc(NC(=O)N2CC[C@@H](Oc3cccnc3N3CCCC3)C2)nn1C. The molecule has 1 N–H and O–H groups in total. The summed E-state index contributed by atoms with van der Waals surface area (Å²) in [7, 11) is 1.86. The van der Waals surface area contributed by atoms with Gasteiger partial charge in [-0.05, 0) is 31.9 Å². The zero-order chi connectivity index (χ0) is 18.8. The number of amides is 2. The van der Waals surface area contributed by atoms with E-state index < -0.39 is 0 Å². The molecule has 8 heteroatoms. The van der Waals surface area contributed by atoms with Crippen LogP contribution in [0.1, 0.15) is 25.0 Å². The van der Waals surface area contributed by atoms with Crippen LogP contribution in [0, 0.1) is 6.92 Å². The van der Waals surface area contributed by atoms with E-state index in [0.717, 1.165) is 36.8 Å². The van der Waals surface area contributed by atoms with Gasteiger partial charge in [-0.25, -0.2) is 9.78 Å². The Morgan fingerprint density at radius 1 is 1.30 bits per heavy atom. The number of aryl methyl sites for hydroxylation is 2. The Hall–Kier alpha value is -2.77. The molecule has 2 aromatic rings. The fraction of sp³-hybridized carbons (Fsp3) is 0.526. The van der Waals surface area contributed by atoms with Gasteiger partial charge in [0.1, 0.15) is 6.10 Å². The molecule has 2 fully saturated rings. The van der Waals surface area contributed by atoms with Crippen LogP contribution in [0.2, 0.25) is 0 Å². The molecule has 0 aliphatic carbocycles. The van der Waals surface area contributed by atoms with Crippen molar-refractivity contribution in [2.24, 2.45) is 7.05 Å². The number of ether oxygens (including phenoxy) is 1. The second-order valence-electron chi connectivity index (χ2n) is 7.22. The van der Waals surface area contributed by atoms with Crippen molar-refractivity contribution in [1.82, 2.24) is 19.7 Å². The molecule has 0 saturated carbocycles. The molecule has 0 unspecified atom stereocenters. The summed E-state index contributed by atoms with van der Waals surface area (Å²) in [4.78, 5) is 21.1. The van der Waals surface area contributed by atoms with E-state index in [9.17, 15) is 4.79 Å². The molecule has 4 rings (SSSR count). The van der Waals surface area contributed by atoms with Crippen LogP contribution in [0.25, 0.3) is 0 Å². The Balaban J connectivity index is 1.36. The number of hydrogen-bond donors (Lipinski definition) is 1. The monoisotopic (exact) mass is 370 g/mol. The smallest absolute Gasteiger partial charge is 0.323 e. The van der Waals surface area contributed by atoms with Crippen LogP contribution >= 0.6 is 0 Å². The molecule has 27 heavy (non-hydrogen) atoms. The molecule has 0 aromatic carbocycles. The maximum atomic E-state index is 12.5. The normalized spacial score (nSPS) is 19.6. The van der Waals surface area contributed by atoms with Crippen molar-refractivity contribution in [3.8, 4) is 5.75 Å². The van der Waals surface area contributed by atoms with E-state index in [1.54, 1.807) is 9.58 Å². The summed E-state index contributed by atoms with van der Waals surface area (Å²) in [5.74, 6) is 2.31. The summed E-state index contributed by atoms with van der Waals surface area (Å²) in [6.45, 7) is 5.23. The molecule has 2 aliphatic rings. The van der Waals surface area contributed by atoms with Gasteiger partial charge in [0.25, 0.3) is 0 Å². The van der Waals surface area contributed by atoms with Crippen molar-refractivity contribution in [2.45, 2.75) is 32.3 Å². The van der Waals surface area contributed by atoms with Gasteiger partial charge in [0.15, 0.2) is 17.4 Å². The molecule has 0 radical (unpaired) electrons. The predicted molar refractivity (Wildman–Crippen MR) is 103 cm³/mol. The average Bonchev–Trinajstić information content (AvgIpc) is 3.38. The summed E-state index contributed by atoms with van der Waals surface area (Å²) >= 11 is 0. The fourth-order valence-electron chi connectivity index (χ4n) is 3.64. The fourth-order valence-corrected chi connectivity index (χ4v) is 3.64. The van der Waals surface area contributed by atoms with E-state index in [1.165, 1.54) is 12.8 Å². The number of carbonyl (C=O) groups is 1. The highest BCUT2D eigenvalue weighted by atomic mass is 16.5. The van der Waals surface area contributed by atoms with Gasteiger partial charge in [0.05, 0.1) is 6.54 Å². The quantitative estimate of drug-likeness (QED) is 0.894. The number of carbonyl (C=O) groups excluding carboxylic acids is 1. The lowest BCUT2D eigenvalue weighted by Gasteiger charge is -2.22. The molecule has 2 amide bonds. The van der Waals surface area contributed by atoms with Crippen molar-refractivity contribution in [2.75, 3.05) is 36.4 Å². The van der Waals surface area contributed by atoms with Crippen LogP contribution in [0.3, 0.4) is 0 Å². The standard InChI is InChI=1S/C19H26N6O2/c1-14-12-17(22-23(14)2)21-19(26)25-11-7-15(13-25)27-16-6-5-8-20-18(16)24-9-3-4-10-24/h5-6,8,12,15H,3-4,7,9-11,13H2,1-2H3,(H,21,22,26)/t15-/m1/s1. The summed E-state index contributed by atoms with van der Waals surface area (Å²) < 4.78 is 7.97. The van der Waals surface area contributed by atoms with Crippen molar-refractivity contribution < 1.29 is 9.53 Å². The first-order chi connectivity index (χ1) is 13.1. The van der Waals surface area contributed by atoms with Crippen LogP contribution in [0.15, 0.2) is 24.4 Å². The molecular weight excluding hydrogens is 344 g/mol. The summed E-state index contributed by atoms with van der Waals surface area (Å²) in [6.07, 6.45) is 4.99. The number of hydrogen-bond acceptors (Lipinski definition) is 5. The van der Waals surface area contributed by atoms with Crippen molar-refractivity contribution in [3.05, 3.63) is 30.1 Å². The molecule has 4 heterocycles. The lowest BCUT2D eigenvalue weighted by atomic mass is 10.3. The maximum Gasteiger partial charge on any atom is 0.323 e. The Labute approximate surface area is 159 Å². The Kier molecular flexibility index (Phi) is 4.87. The van der Waals surface area contributed by atoms with Gasteiger partial charge >= 0.3 is 6.03 Å². The van der Waals surface area contributed by atoms with Gasteiger partial charge < -0.3 is 14.5 Å². The van der Waals surface area contributed by atoms with E-state index in [1.807, 2.05) is 38.4 Å². The number of likely N-dealkylation sites (tertiary alicyclic amines) is 1. The van der Waals surface area contributed by atoms with Crippen LogP contribution in [0.5, 0.6) is 5.75 Å². The van der Waals surface area contributed by atoms with Gasteiger partial charge in [0, 0.05) is 51.1 Å². The minimum absolute atomic E-state index is 0.0215. The third-order valence-electron chi connectivity index (χ3n) is 5.23. The third kappa shape index (κ3) is 3.84. The van der Waals surface area contributed by atoms with Crippen molar-refractivity contribution in [3.63, 3.8) is 0 Å². The van der Waals surface area contributed by atoms with E-state index in [2.05, 4.69) is 20.3 Å². The van der Waals surface area contributed by atoms with Crippen molar-refractivity contribution in [1.29, 1.82) is 0 Å². The van der Waals surface area contributed by atoms with E-state index in [4.69, 9.17) is 4.74 Å². The van der Waals surface area contributed by atoms with Crippen LogP contribution in [-0.4, -0.2) is 58.0 Å². The largest absolute Gasteiger partial charge is 0.485 e. The number of urea groups is 1. The first-order valence-corrected chi connectivity index (χ1v) is 9.53. The number of rotatable bonds is 4. The molecule has 0 bridgehead atoms. The van der Waals surface area contributed by atoms with Crippen LogP contribution in [-0.2, 0) is 7.05 Å². The van der Waals surface area contributed by atoms with Gasteiger partial charge in [0.2, 0.25) is 0 Å². The van der Waals surface area contributed by atoms with Gasteiger partial charge in [-0.1, -0.05) is 0 Å². The van der Waals surface area contributed by atoms with Gasteiger partial charge in [-0.2, -0.15) is 5.10 Å². The molecule has 2 aliphatic heterocycles. The van der Waals surface area contributed by atoms with Gasteiger partial charge in [-0.15, -0.1) is 0 Å². The second-order valence-corrected chi connectivity index (χ2v) is 7.22. The number of anilines is 2. The zero-order valence-corrected chi connectivity index (χ0v) is 15.9. The number of pyridine rings is 1. The zero-order valence-electron chi connectivity index (χ0n) is 15.9. The number of nitrogens with zero attached hydrogens (tertiary/aromatic N) is 5. The number of nitrogens with one attached hydrogen (secondary N) is 1. The predicted octanol–water partition coefficient (Wildman–Crippen LogP) is 2.41. The Morgan fingerprint density at radius 3 is 2.85 bits per heavy atom. The Morgan fingerprint density at radius 2 is 2.11 bits per heavy atom. The Bertz CT molecular complexity index is 795. The highest BCUT2D eigenvalue weighted by Crippen LogP contribution is 2.30. The maximum absolute atomic E-state index is 12.5. The van der Waals surface area contributed by atoms with Crippen LogP contribution in [0.4, 0.5) is 16.4 Å².